The second kappa shape index (κ2) is 7.87. The highest BCUT2D eigenvalue weighted by atomic mass is 16.7. The summed E-state index contributed by atoms with van der Waals surface area (Å²) < 4.78 is 17.9. The molecule has 0 fully saturated rings. The Bertz CT molecular complexity index is 1070. The number of ether oxygens (including phenoxy) is 3. The maximum Gasteiger partial charge on any atom is 0.340 e. The van der Waals surface area contributed by atoms with Crippen molar-refractivity contribution in [3.8, 4) is 11.5 Å². The number of hydrogen-bond acceptors (Lipinski definition) is 5. The van der Waals surface area contributed by atoms with Crippen LogP contribution < -0.4 is 9.47 Å². The van der Waals surface area contributed by atoms with Gasteiger partial charge in [-0.05, 0) is 30.7 Å². The highest BCUT2D eigenvalue weighted by molar-refractivity contribution is 6.04. The highest BCUT2D eigenvalue weighted by Crippen LogP contribution is 2.32. The van der Waals surface area contributed by atoms with Crippen molar-refractivity contribution in [2.75, 3.05) is 19.9 Å². The number of rotatable bonds is 6. The fourth-order valence-electron chi connectivity index (χ4n) is 3.44. The Kier molecular flexibility index (Phi) is 5.12. The summed E-state index contributed by atoms with van der Waals surface area (Å²) in [7, 11) is 1.87. The minimum Gasteiger partial charge on any atom is -0.454 e. The van der Waals surface area contributed by atoms with E-state index in [1.54, 1.807) is 11.1 Å². The molecule has 0 unspecified atom stereocenters. The normalized spacial score (nSPS) is 12.2. The maximum atomic E-state index is 12.6. The van der Waals surface area contributed by atoms with Crippen LogP contribution in [0.25, 0.3) is 10.9 Å². The third-order valence-electron chi connectivity index (χ3n) is 4.99. The second-order valence-electron chi connectivity index (χ2n) is 6.84. The molecule has 0 aliphatic carbocycles. The molecule has 0 saturated heterocycles. The van der Waals surface area contributed by atoms with Crippen molar-refractivity contribution in [2.45, 2.75) is 13.5 Å². The van der Waals surface area contributed by atoms with Crippen LogP contribution in [-0.2, 0) is 23.1 Å². The number of carbonyl (C=O) groups is 2. The number of esters is 1. The first-order valence-corrected chi connectivity index (χ1v) is 9.44. The summed E-state index contributed by atoms with van der Waals surface area (Å²) in [4.78, 5) is 26.8. The van der Waals surface area contributed by atoms with E-state index in [1.165, 1.54) is 0 Å². The van der Waals surface area contributed by atoms with Gasteiger partial charge in [-0.25, -0.2) is 4.79 Å². The van der Waals surface area contributed by atoms with Crippen molar-refractivity contribution in [1.29, 1.82) is 0 Å². The van der Waals surface area contributed by atoms with Crippen molar-refractivity contribution < 1.29 is 23.8 Å². The Balaban J connectivity index is 1.40. The molecule has 4 rings (SSSR count). The predicted molar refractivity (Wildman–Crippen MR) is 107 cm³/mol. The first-order chi connectivity index (χ1) is 14.1. The number of amides is 1. The molecule has 1 aliphatic heterocycles. The van der Waals surface area contributed by atoms with Crippen LogP contribution in [-0.4, -0.2) is 41.3 Å². The molecule has 7 nitrogen and oxygen atoms in total. The number of fused-ring (bicyclic) bond motifs is 2. The van der Waals surface area contributed by atoms with E-state index in [4.69, 9.17) is 14.2 Å². The van der Waals surface area contributed by atoms with Gasteiger partial charge in [-0.3, -0.25) is 4.79 Å². The smallest absolute Gasteiger partial charge is 0.340 e. The van der Waals surface area contributed by atoms with E-state index in [2.05, 4.69) is 0 Å². The molecule has 0 bridgehead atoms. The molecule has 7 heteroatoms. The van der Waals surface area contributed by atoms with Crippen molar-refractivity contribution >= 4 is 22.8 Å². The Morgan fingerprint density at radius 3 is 2.76 bits per heavy atom. The number of carbonyl (C=O) groups excluding carboxylic acids is 2. The van der Waals surface area contributed by atoms with Gasteiger partial charge in [-0.1, -0.05) is 24.3 Å². The third kappa shape index (κ3) is 3.76. The van der Waals surface area contributed by atoms with E-state index in [1.807, 2.05) is 61.0 Å². The lowest BCUT2D eigenvalue weighted by atomic mass is 10.2. The monoisotopic (exact) mass is 394 g/mol. The standard InChI is InChI=1S/C22H22N2O5/c1-3-24(11-15-8-9-19-20(10-15)29-14-28-19)21(25)13-27-22(26)17-12-23(2)18-7-5-4-6-16(17)18/h4-10,12H,3,11,13-14H2,1-2H3. The summed E-state index contributed by atoms with van der Waals surface area (Å²) in [5.74, 6) is 0.619. The summed E-state index contributed by atoms with van der Waals surface area (Å²) >= 11 is 0. The van der Waals surface area contributed by atoms with Crippen molar-refractivity contribution in [3.63, 3.8) is 0 Å². The Hall–Kier alpha value is -3.48. The molecule has 0 spiro atoms. The van der Waals surface area contributed by atoms with E-state index in [-0.39, 0.29) is 19.3 Å². The summed E-state index contributed by atoms with van der Waals surface area (Å²) in [6.07, 6.45) is 1.72. The van der Waals surface area contributed by atoms with Crippen LogP contribution in [0.2, 0.25) is 0 Å². The molecule has 0 radical (unpaired) electrons. The van der Waals surface area contributed by atoms with Crippen LogP contribution in [0.4, 0.5) is 0 Å². The Morgan fingerprint density at radius 2 is 1.93 bits per heavy atom. The number of nitrogens with zero attached hydrogens (tertiary/aromatic N) is 2. The first kappa shape index (κ1) is 18.9. The lowest BCUT2D eigenvalue weighted by molar-refractivity contribution is -0.134. The molecular weight excluding hydrogens is 372 g/mol. The summed E-state index contributed by atoms with van der Waals surface area (Å²) in [5.41, 5.74) is 2.31. The third-order valence-corrected chi connectivity index (χ3v) is 4.99. The minimum absolute atomic E-state index is 0.208. The molecule has 2 aromatic carbocycles. The van der Waals surface area contributed by atoms with E-state index in [9.17, 15) is 9.59 Å². The first-order valence-electron chi connectivity index (χ1n) is 9.44. The molecule has 29 heavy (non-hydrogen) atoms. The van der Waals surface area contributed by atoms with Gasteiger partial charge in [0, 0.05) is 37.2 Å². The Morgan fingerprint density at radius 1 is 1.14 bits per heavy atom. The van der Waals surface area contributed by atoms with E-state index in [0.717, 1.165) is 16.5 Å². The fourth-order valence-corrected chi connectivity index (χ4v) is 3.44. The summed E-state index contributed by atoms with van der Waals surface area (Å²) in [6, 6.07) is 13.2. The molecule has 2 heterocycles. The van der Waals surface area contributed by atoms with Gasteiger partial charge in [0.15, 0.2) is 18.1 Å². The van der Waals surface area contributed by atoms with Gasteiger partial charge in [0.05, 0.1) is 5.56 Å². The zero-order chi connectivity index (χ0) is 20.4. The largest absolute Gasteiger partial charge is 0.454 e. The van der Waals surface area contributed by atoms with Crippen LogP contribution in [0.1, 0.15) is 22.8 Å². The van der Waals surface area contributed by atoms with Gasteiger partial charge < -0.3 is 23.7 Å². The average Bonchev–Trinajstić information content (AvgIpc) is 3.34. The highest BCUT2D eigenvalue weighted by Gasteiger charge is 2.20. The maximum absolute atomic E-state index is 12.6. The van der Waals surface area contributed by atoms with E-state index < -0.39 is 5.97 Å². The molecule has 1 amide bonds. The molecule has 1 aromatic heterocycles. The van der Waals surface area contributed by atoms with E-state index >= 15 is 0 Å². The SMILES string of the molecule is CCN(Cc1ccc2c(c1)OCO2)C(=O)COC(=O)c1cn(C)c2ccccc12. The van der Waals surface area contributed by atoms with Crippen LogP contribution >= 0.6 is 0 Å². The molecule has 3 aromatic rings. The van der Waals surface area contributed by atoms with Gasteiger partial charge in [-0.15, -0.1) is 0 Å². The van der Waals surface area contributed by atoms with Crippen molar-refractivity contribution in [3.05, 3.63) is 59.8 Å². The number of benzene rings is 2. The van der Waals surface area contributed by atoms with Crippen LogP contribution in [0.3, 0.4) is 0 Å². The number of likely N-dealkylation sites (N-methyl/N-ethyl adjacent to an activating group) is 1. The minimum atomic E-state index is -0.505. The molecule has 0 N–H and O–H groups in total. The topological polar surface area (TPSA) is 70.0 Å². The van der Waals surface area contributed by atoms with Gasteiger partial charge >= 0.3 is 5.97 Å². The zero-order valence-corrected chi connectivity index (χ0v) is 16.4. The summed E-state index contributed by atoms with van der Waals surface area (Å²) in [6.45, 7) is 2.69. The Labute approximate surface area is 168 Å². The lowest BCUT2D eigenvalue weighted by Gasteiger charge is -2.21. The van der Waals surface area contributed by atoms with Gasteiger partial charge in [0.1, 0.15) is 0 Å². The van der Waals surface area contributed by atoms with E-state index in [0.29, 0.717) is 30.2 Å². The number of aromatic nitrogens is 1. The van der Waals surface area contributed by atoms with Gasteiger partial charge in [-0.2, -0.15) is 0 Å². The van der Waals surface area contributed by atoms with Gasteiger partial charge in [0.2, 0.25) is 6.79 Å². The number of hydrogen-bond donors (Lipinski definition) is 0. The molecule has 0 saturated carbocycles. The van der Waals surface area contributed by atoms with Crippen molar-refractivity contribution in [1.82, 2.24) is 9.47 Å². The predicted octanol–water partition coefficient (Wildman–Crippen LogP) is 3.11. The molecule has 1 aliphatic rings. The van der Waals surface area contributed by atoms with Crippen LogP contribution in [0.15, 0.2) is 48.7 Å². The molecule has 0 atom stereocenters. The quantitative estimate of drug-likeness (QED) is 0.601. The summed E-state index contributed by atoms with van der Waals surface area (Å²) in [5, 5.41) is 0.806. The zero-order valence-electron chi connectivity index (χ0n) is 16.4. The lowest BCUT2D eigenvalue weighted by Crippen LogP contribution is -2.34. The fraction of sp³-hybridized carbons (Fsp3) is 0.273. The second-order valence-corrected chi connectivity index (χ2v) is 6.84. The number of para-hydroxylation sites is 1. The van der Waals surface area contributed by atoms with Gasteiger partial charge in [0.25, 0.3) is 5.91 Å². The molecule has 150 valence electrons. The average molecular weight is 394 g/mol. The molecular formula is C22H22N2O5. The van der Waals surface area contributed by atoms with Crippen molar-refractivity contribution in [2.24, 2.45) is 7.05 Å². The van der Waals surface area contributed by atoms with Crippen LogP contribution in [0.5, 0.6) is 11.5 Å². The number of aryl methyl sites for hydroxylation is 1. The van der Waals surface area contributed by atoms with Crippen LogP contribution in [0, 0.1) is 0 Å².